The molecule has 0 aliphatic heterocycles. The first-order valence-corrected chi connectivity index (χ1v) is 7.71. The van der Waals surface area contributed by atoms with Gasteiger partial charge in [0.1, 0.15) is 0 Å². The van der Waals surface area contributed by atoms with E-state index in [1.54, 1.807) is 0 Å². The van der Waals surface area contributed by atoms with Crippen LogP contribution in [0, 0.1) is 12.5 Å². The van der Waals surface area contributed by atoms with E-state index in [4.69, 9.17) is 6.57 Å². The van der Waals surface area contributed by atoms with Crippen molar-refractivity contribution in [2.24, 2.45) is 13.0 Å². The van der Waals surface area contributed by atoms with Gasteiger partial charge in [-0.05, 0) is 61.9 Å². The van der Waals surface area contributed by atoms with Gasteiger partial charge in [0.15, 0.2) is 5.69 Å². The number of aryl methyl sites for hydroxylation is 1. The summed E-state index contributed by atoms with van der Waals surface area (Å²) in [6.45, 7) is 8.41. The summed E-state index contributed by atoms with van der Waals surface area (Å²) in [5.74, 6) is 1.37. The number of hydrogen-bond donors (Lipinski definition) is 0. The van der Waals surface area contributed by atoms with Crippen molar-refractivity contribution in [2.75, 3.05) is 20.6 Å². The van der Waals surface area contributed by atoms with E-state index in [-0.39, 0.29) is 0 Å². The Hall–Kier alpha value is -1.79. The van der Waals surface area contributed by atoms with E-state index in [2.05, 4.69) is 53.8 Å². The Labute approximate surface area is 127 Å². The molecule has 3 nitrogen and oxygen atoms in total. The number of rotatable bonds is 3. The molecule has 1 aliphatic rings. The maximum absolute atomic E-state index is 7.25. The molecular weight excluding hydrogens is 258 g/mol. The van der Waals surface area contributed by atoms with E-state index in [0.29, 0.717) is 5.92 Å². The molecule has 0 radical (unpaired) electrons. The van der Waals surface area contributed by atoms with Gasteiger partial charge in [0.05, 0.1) is 6.57 Å². The molecule has 1 fully saturated rings. The average molecular weight is 281 g/mol. The molecule has 3 heteroatoms. The third-order valence-corrected chi connectivity index (χ3v) is 4.79. The molecule has 1 aromatic carbocycles. The fraction of sp³-hybridized carbons (Fsp3) is 0.500. The smallest absolute Gasteiger partial charge is 0.187 e. The number of nitrogens with zero attached hydrogens (tertiary/aromatic N) is 3. The number of benzene rings is 1. The zero-order chi connectivity index (χ0) is 15.0. The van der Waals surface area contributed by atoms with E-state index in [0.717, 1.165) is 18.2 Å². The fourth-order valence-electron chi connectivity index (χ4n) is 3.91. The van der Waals surface area contributed by atoms with Gasteiger partial charge < -0.3 is 9.47 Å². The van der Waals surface area contributed by atoms with Crippen LogP contribution in [0.5, 0.6) is 0 Å². The molecule has 1 saturated carbocycles. The van der Waals surface area contributed by atoms with Crippen molar-refractivity contribution in [3.05, 3.63) is 41.4 Å². The summed E-state index contributed by atoms with van der Waals surface area (Å²) in [7, 11) is 6.43. The largest absolute Gasteiger partial charge is 0.350 e. The van der Waals surface area contributed by atoms with Crippen LogP contribution in [0.1, 0.15) is 30.7 Å². The molecule has 0 saturated heterocycles. The van der Waals surface area contributed by atoms with E-state index in [1.807, 2.05) is 6.07 Å². The summed E-state index contributed by atoms with van der Waals surface area (Å²) in [4.78, 5) is 5.90. The lowest BCUT2D eigenvalue weighted by atomic mass is 9.88. The summed E-state index contributed by atoms with van der Waals surface area (Å²) in [5, 5.41) is 1.28. The topological polar surface area (TPSA) is 12.5 Å². The Morgan fingerprint density at radius 2 is 2.14 bits per heavy atom. The maximum atomic E-state index is 7.25. The highest BCUT2D eigenvalue weighted by Gasteiger charge is 2.30. The van der Waals surface area contributed by atoms with Gasteiger partial charge in [0.2, 0.25) is 0 Å². The summed E-state index contributed by atoms with van der Waals surface area (Å²) in [6.07, 6.45) is 6.21. The van der Waals surface area contributed by atoms with Crippen molar-refractivity contribution in [3.8, 4) is 0 Å². The normalized spacial score (nSPS) is 22.0. The minimum absolute atomic E-state index is 0.636. The maximum Gasteiger partial charge on any atom is 0.187 e. The fourth-order valence-corrected chi connectivity index (χ4v) is 3.91. The molecular formula is C18H23N3. The second-order valence-electron chi connectivity index (χ2n) is 6.57. The third kappa shape index (κ3) is 2.56. The molecule has 110 valence electrons. The standard InChI is InChI=1S/C18H23N3/c1-19-14-8-9-18-16(10-14)17(12-21(18)4)15-7-5-6-13(15)11-20(2)3/h8-10,12-13,15H,5-7,11H2,2-4H3. The van der Waals surface area contributed by atoms with Crippen LogP contribution in [0.3, 0.4) is 0 Å². The zero-order valence-electron chi connectivity index (χ0n) is 13.1. The highest BCUT2D eigenvalue weighted by Crippen LogP contribution is 2.43. The molecule has 0 spiro atoms. The zero-order valence-corrected chi connectivity index (χ0v) is 13.1. The summed E-state index contributed by atoms with van der Waals surface area (Å²) >= 11 is 0. The summed E-state index contributed by atoms with van der Waals surface area (Å²) < 4.78 is 2.21. The van der Waals surface area contributed by atoms with Gasteiger partial charge in [0.25, 0.3) is 0 Å². The lowest BCUT2D eigenvalue weighted by Crippen LogP contribution is -2.23. The van der Waals surface area contributed by atoms with Gasteiger partial charge >= 0.3 is 0 Å². The molecule has 21 heavy (non-hydrogen) atoms. The van der Waals surface area contributed by atoms with Crippen LogP contribution in [-0.4, -0.2) is 30.1 Å². The molecule has 2 atom stereocenters. The monoisotopic (exact) mass is 281 g/mol. The first kappa shape index (κ1) is 14.2. The SMILES string of the molecule is [C-]#[N+]c1ccc2c(c1)c(C1CCCC1CN(C)C)cn2C. The molecule has 0 N–H and O–H groups in total. The Kier molecular flexibility index (Phi) is 3.73. The van der Waals surface area contributed by atoms with E-state index >= 15 is 0 Å². The van der Waals surface area contributed by atoms with Gasteiger partial charge in [0, 0.05) is 25.3 Å². The van der Waals surface area contributed by atoms with Crippen molar-refractivity contribution in [1.29, 1.82) is 0 Å². The van der Waals surface area contributed by atoms with Crippen LogP contribution in [0.15, 0.2) is 24.4 Å². The minimum atomic E-state index is 0.636. The lowest BCUT2D eigenvalue weighted by molar-refractivity contribution is 0.310. The summed E-state index contributed by atoms with van der Waals surface area (Å²) in [6, 6.07) is 6.08. The van der Waals surface area contributed by atoms with Crippen molar-refractivity contribution in [3.63, 3.8) is 0 Å². The second kappa shape index (κ2) is 5.54. The molecule has 2 unspecified atom stereocenters. The Morgan fingerprint density at radius 1 is 1.33 bits per heavy atom. The highest BCUT2D eigenvalue weighted by atomic mass is 15.1. The van der Waals surface area contributed by atoms with Crippen LogP contribution in [0.25, 0.3) is 15.7 Å². The second-order valence-corrected chi connectivity index (χ2v) is 6.57. The van der Waals surface area contributed by atoms with E-state index in [9.17, 15) is 0 Å². The predicted molar refractivity (Wildman–Crippen MR) is 87.8 cm³/mol. The van der Waals surface area contributed by atoms with Crippen LogP contribution in [0.4, 0.5) is 5.69 Å². The van der Waals surface area contributed by atoms with E-state index < -0.39 is 0 Å². The van der Waals surface area contributed by atoms with Gasteiger partial charge in [-0.3, -0.25) is 0 Å². The average Bonchev–Trinajstić information content (AvgIpc) is 3.02. The molecule has 1 aliphatic carbocycles. The Morgan fingerprint density at radius 3 is 2.86 bits per heavy atom. The van der Waals surface area contributed by atoms with Crippen LogP contribution < -0.4 is 0 Å². The Bertz CT molecular complexity index is 690. The first-order valence-electron chi connectivity index (χ1n) is 7.71. The molecule has 0 amide bonds. The Balaban J connectivity index is 2.05. The van der Waals surface area contributed by atoms with Crippen molar-refractivity contribution in [1.82, 2.24) is 9.47 Å². The third-order valence-electron chi connectivity index (χ3n) is 4.79. The van der Waals surface area contributed by atoms with Crippen LogP contribution in [0.2, 0.25) is 0 Å². The predicted octanol–water partition coefficient (Wildman–Crippen LogP) is 4.17. The quantitative estimate of drug-likeness (QED) is 0.769. The summed E-state index contributed by atoms with van der Waals surface area (Å²) in [5.41, 5.74) is 3.44. The van der Waals surface area contributed by atoms with Crippen molar-refractivity contribution >= 4 is 16.6 Å². The molecule has 0 bridgehead atoms. The number of aromatic nitrogens is 1. The molecule has 2 aromatic rings. The van der Waals surface area contributed by atoms with Crippen molar-refractivity contribution < 1.29 is 0 Å². The van der Waals surface area contributed by atoms with E-state index in [1.165, 1.54) is 35.7 Å². The lowest BCUT2D eigenvalue weighted by Gasteiger charge is -2.23. The number of fused-ring (bicyclic) bond motifs is 1. The van der Waals surface area contributed by atoms with Gasteiger partial charge in [-0.1, -0.05) is 12.5 Å². The number of hydrogen-bond acceptors (Lipinski definition) is 1. The van der Waals surface area contributed by atoms with Gasteiger partial charge in [-0.15, -0.1) is 0 Å². The first-order chi connectivity index (χ1) is 10.1. The molecule has 1 heterocycles. The van der Waals surface area contributed by atoms with Crippen LogP contribution >= 0.6 is 0 Å². The molecule has 1 aromatic heterocycles. The molecule has 3 rings (SSSR count). The van der Waals surface area contributed by atoms with Gasteiger partial charge in [-0.25, -0.2) is 4.85 Å². The van der Waals surface area contributed by atoms with Gasteiger partial charge in [-0.2, -0.15) is 0 Å². The van der Waals surface area contributed by atoms with Crippen molar-refractivity contribution in [2.45, 2.75) is 25.2 Å². The minimum Gasteiger partial charge on any atom is -0.350 e. The highest BCUT2D eigenvalue weighted by molar-refractivity contribution is 5.88. The van der Waals surface area contributed by atoms with Crippen LogP contribution in [-0.2, 0) is 7.05 Å².